The molecule has 0 radical (unpaired) electrons. The summed E-state index contributed by atoms with van der Waals surface area (Å²) < 4.78 is 5.27. The topological polar surface area (TPSA) is 78.8 Å². The first kappa shape index (κ1) is 11.4. The van der Waals surface area contributed by atoms with Crippen LogP contribution in [0.4, 0.5) is 0 Å². The van der Waals surface area contributed by atoms with E-state index in [1.54, 1.807) is 0 Å². The maximum atomic E-state index is 11.6. The summed E-state index contributed by atoms with van der Waals surface area (Å²) in [4.78, 5) is 11.6. The number of rotatable bonds is 2. The van der Waals surface area contributed by atoms with Crippen LogP contribution in [0, 0.1) is 5.41 Å². The van der Waals surface area contributed by atoms with Gasteiger partial charge in [-0.2, -0.15) is 0 Å². The second-order valence-electron chi connectivity index (χ2n) is 5.77. The van der Waals surface area contributed by atoms with Gasteiger partial charge in [0.15, 0.2) is 0 Å². The maximum absolute atomic E-state index is 11.6. The average Bonchev–Trinajstić information content (AvgIpc) is 2.86. The van der Waals surface area contributed by atoms with Gasteiger partial charge in [-0.25, -0.2) is 0 Å². The lowest BCUT2D eigenvalue weighted by Gasteiger charge is -2.46. The fourth-order valence-electron chi connectivity index (χ4n) is 3.81. The van der Waals surface area contributed by atoms with E-state index >= 15 is 0 Å². The third kappa shape index (κ3) is 1.53. The zero-order valence-corrected chi connectivity index (χ0v) is 9.82. The highest BCUT2D eigenvalue weighted by molar-refractivity contribution is 5.77. The van der Waals surface area contributed by atoms with E-state index in [0.29, 0.717) is 25.9 Å². The predicted octanol–water partition coefficient (Wildman–Crippen LogP) is 0.123. The summed E-state index contributed by atoms with van der Waals surface area (Å²) in [6.07, 6.45) is 3.60. The van der Waals surface area contributed by atoms with E-state index in [0.717, 1.165) is 12.8 Å². The normalized spacial score (nSPS) is 49.5. The summed E-state index contributed by atoms with van der Waals surface area (Å²) in [5.74, 6) is -0.904. The first-order valence-corrected chi connectivity index (χ1v) is 6.35. The van der Waals surface area contributed by atoms with Gasteiger partial charge in [-0.1, -0.05) is 0 Å². The first-order chi connectivity index (χ1) is 8.06. The molecule has 0 aliphatic carbocycles. The Bertz CT molecular complexity index is 325. The molecule has 3 aliphatic heterocycles. The fourth-order valence-corrected chi connectivity index (χ4v) is 3.81. The van der Waals surface area contributed by atoms with Crippen molar-refractivity contribution in [2.75, 3.05) is 13.2 Å². The summed E-state index contributed by atoms with van der Waals surface area (Å²) in [5.41, 5.74) is -2.19. The quantitative estimate of drug-likeness (QED) is 0.640. The number of fused-ring (bicyclic) bond motifs is 2. The molecule has 0 spiro atoms. The van der Waals surface area contributed by atoms with Crippen LogP contribution in [0.5, 0.6) is 0 Å². The first-order valence-electron chi connectivity index (χ1n) is 6.35. The van der Waals surface area contributed by atoms with Gasteiger partial charge < -0.3 is 20.3 Å². The predicted molar refractivity (Wildman–Crippen MR) is 59.6 cm³/mol. The summed E-state index contributed by atoms with van der Waals surface area (Å²) >= 11 is 0. The number of hydrogen-bond donors (Lipinski definition) is 3. The Morgan fingerprint density at radius 1 is 1.29 bits per heavy atom. The molecular formula is C12H19NO4. The molecule has 3 atom stereocenters. The zero-order chi connectivity index (χ0) is 12.1. The summed E-state index contributed by atoms with van der Waals surface area (Å²) in [5, 5.41) is 23.8. The van der Waals surface area contributed by atoms with E-state index in [2.05, 4.69) is 5.32 Å². The van der Waals surface area contributed by atoms with Gasteiger partial charge in [-0.15, -0.1) is 0 Å². The van der Waals surface area contributed by atoms with Crippen LogP contribution in [-0.4, -0.2) is 47.1 Å². The molecule has 0 saturated carbocycles. The summed E-state index contributed by atoms with van der Waals surface area (Å²) in [6.45, 7) is 0.593. The van der Waals surface area contributed by atoms with Gasteiger partial charge in [0.25, 0.3) is 0 Å². The Morgan fingerprint density at radius 2 is 1.94 bits per heavy atom. The molecule has 3 fully saturated rings. The van der Waals surface area contributed by atoms with Gasteiger partial charge in [-0.05, 0) is 32.1 Å². The summed E-state index contributed by atoms with van der Waals surface area (Å²) in [6, 6.07) is 0.547. The second-order valence-corrected chi connectivity index (χ2v) is 5.77. The molecule has 3 N–H and O–H groups in total. The lowest BCUT2D eigenvalue weighted by Crippen LogP contribution is -2.61. The molecule has 0 amide bonds. The molecule has 3 rings (SSSR count). The highest BCUT2D eigenvalue weighted by Crippen LogP contribution is 2.49. The molecule has 96 valence electrons. The van der Waals surface area contributed by atoms with E-state index in [1.165, 1.54) is 0 Å². The van der Waals surface area contributed by atoms with Gasteiger partial charge in [0, 0.05) is 18.7 Å². The number of nitrogens with one attached hydrogen (secondary N) is 1. The van der Waals surface area contributed by atoms with Crippen molar-refractivity contribution in [3.63, 3.8) is 0 Å². The van der Waals surface area contributed by atoms with Gasteiger partial charge in [0.2, 0.25) is 0 Å². The van der Waals surface area contributed by atoms with Crippen molar-refractivity contribution in [3.05, 3.63) is 0 Å². The molecule has 3 aliphatic rings. The van der Waals surface area contributed by atoms with Crippen LogP contribution in [-0.2, 0) is 9.53 Å². The maximum Gasteiger partial charge on any atom is 0.315 e. The minimum Gasteiger partial charge on any atom is -0.481 e. The molecule has 0 aromatic rings. The monoisotopic (exact) mass is 241 g/mol. The van der Waals surface area contributed by atoms with E-state index in [-0.39, 0.29) is 18.7 Å². The molecule has 5 nitrogen and oxygen atoms in total. The van der Waals surface area contributed by atoms with Crippen molar-refractivity contribution < 1.29 is 19.7 Å². The van der Waals surface area contributed by atoms with E-state index in [4.69, 9.17) is 4.74 Å². The summed E-state index contributed by atoms with van der Waals surface area (Å²) in [7, 11) is 0. The molecule has 0 aromatic heterocycles. The van der Waals surface area contributed by atoms with E-state index in [1.807, 2.05) is 0 Å². The van der Waals surface area contributed by atoms with Crippen LogP contribution < -0.4 is 5.32 Å². The number of aliphatic carboxylic acids is 1. The molecule has 3 heterocycles. The van der Waals surface area contributed by atoms with E-state index < -0.39 is 17.0 Å². The SMILES string of the molecule is O=C(O)C1(C2(O)CC3CCC(C2)N3)CCOC1. The van der Waals surface area contributed by atoms with Crippen LogP contribution in [0.25, 0.3) is 0 Å². The fraction of sp³-hybridized carbons (Fsp3) is 0.917. The molecule has 2 bridgehead atoms. The molecule has 0 aromatic carbocycles. The molecule has 17 heavy (non-hydrogen) atoms. The van der Waals surface area contributed by atoms with Crippen molar-refractivity contribution in [1.82, 2.24) is 5.32 Å². The smallest absolute Gasteiger partial charge is 0.315 e. The number of aliphatic hydroxyl groups is 1. The Morgan fingerprint density at radius 3 is 2.41 bits per heavy atom. The highest BCUT2D eigenvalue weighted by Gasteiger charge is 2.61. The van der Waals surface area contributed by atoms with Gasteiger partial charge in [0.05, 0.1) is 12.2 Å². The third-order valence-electron chi connectivity index (χ3n) is 4.82. The Hall–Kier alpha value is -0.650. The highest BCUT2D eigenvalue weighted by atomic mass is 16.5. The van der Waals surface area contributed by atoms with Crippen molar-refractivity contribution in [2.45, 2.75) is 49.8 Å². The number of carboxylic acids is 1. The standard InChI is InChI=1S/C12H19NO4/c14-10(15)11(3-4-17-7-11)12(16)5-8-1-2-9(6-12)13-8/h8-9,13,16H,1-7H2,(H,14,15). The second kappa shape index (κ2) is 3.67. The lowest BCUT2D eigenvalue weighted by atomic mass is 9.65. The zero-order valence-electron chi connectivity index (χ0n) is 9.82. The Balaban J connectivity index is 1.92. The van der Waals surface area contributed by atoms with Crippen LogP contribution in [0.2, 0.25) is 0 Å². The van der Waals surface area contributed by atoms with Gasteiger partial charge in [0.1, 0.15) is 5.41 Å². The van der Waals surface area contributed by atoms with E-state index in [9.17, 15) is 15.0 Å². The van der Waals surface area contributed by atoms with Gasteiger partial charge >= 0.3 is 5.97 Å². The molecule has 3 saturated heterocycles. The van der Waals surface area contributed by atoms with Crippen molar-refractivity contribution in [2.24, 2.45) is 5.41 Å². The third-order valence-corrected chi connectivity index (χ3v) is 4.82. The van der Waals surface area contributed by atoms with Crippen LogP contribution in [0.3, 0.4) is 0 Å². The van der Waals surface area contributed by atoms with Gasteiger partial charge in [-0.3, -0.25) is 4.79 Å². The van der Waals surface area contributed by atoms with Crippen LogP contribution in [0.15, 0.2) is 0 Å². The molecule has 3 unspecified atom stereocenters. The minimum atomic E-state index is -1.10. The van der Waals surface area contributed by atoms with Crippen molar-refractivity contribution in [3.8, 4) is 0 Å². The number of carbonyl (C=O) groups is 1. The number of hydrogen-bond acceptors (Lipinski definition) is 4. The largest absolute Gasteiger partial charge is 0.481 e. The average molecular weight is 241 g/mol. The Kier molecular flexibility index (Phi) is 2.47. The van der Waals surface area contributed by atoms with Crippen molar-refractivity contribution >= 4 is 5.97 Å². The minimum absolute atomic E-state index is 0.151. The molecule has 5 heteroatoms. The number of carboxylic acid groups (broad SMARTS) is 1. The lowest BCUT2D eigenvalue weighted by molar-refractivity contribution is -0.176. The Labute approximate surface area is 100 Å². The molecular weight excluding hydrogens is 222 g/mol. The number of piperidine rings is 1. The van der Waals surface area contributed by atoms with Crippen LogP contribution >= 0.6 is 0 Å². The number of ether oxygens (including phenoxy) is 1. The van der Waals surface area contributed by atoms with Crippen molar-refractivity contribution in [1.29, 1.82) is 0 Å². The van der Waals surface area contributed by atoms with Crippen LogP contribution in [0.1, 0.15) is 32.1 Å².